The monoisotopic (exact) mass is 264 g/mol. The summed E-state index contributed by atoms with van der Waals surface area (Å²) in [5.74, 6) is -0.336. The largest absolute Gasteiger partial charge is 0.476 e. The highest BCUT2D eigenvalue weighted by Crippen LogP contribution is 2.22. The average molecular weight is 264 g/mol. The molecule has 2 rings (SSSR count). The van der Waals surface area contributed by atoms with Crippen LogP contribution in [0.4, 0.5) is 5.82 Å². The fourth-order valence-corrected chi connectivity index (χ4v) is 2.20. The van der Waals surface area contributed by atoms with Gasteiger partial charge in [0, 0.05) is 17.8 Å². The maximum atomic E-state index is 10.8. The Morgan fingerprint density at radius 2 is 2.17 bits per heavy atom. The van der Waals surface area contributed by atoms with Gasteiger partial charge < -0.3 is 10.4 Å². The number of thiazole rings is 1. The van der Waals surface area contributed by atoms with Crippen LogP contribution < -0.4 is 5.32 Å². The van der Waals surface area contributed by atoms with Crippen molar-refractivity contribution in [1.29, 1.82) is 0 Å². The molecule has 7 heteroatoms. The molecule has 0 spiro atoms. The van der Waals surface area contributed by atoms with Crippen LogP contribution in [0.3, 0.4) is 0 Å². The van der Waals surface area contributed by atoms with Crippen molar-refractivity contribution in [1.82, 2.24) is 15.0 Å². The van der Waals surface area contributed by atoms with E-state index in [-0.39, 0.29) is 11.7 Å². The fourth-order valence-electron chi connectivity index (χ4n) is 1.40. The van der Waals surface area contributed by atoms with Crippen molar-refractivity contribution in [2.45, 2.75) is 19.9 Å². The molecule has 0 radical (unpaired) electrons. The van der Waals surface area contributed by atoms with Crippen LogP contribution in [0.2, 0.25) is 0 Å². The summed E-state index contributed by atoms with van der Waals surface area (Å²) < 4.78 is 0. The van der Waals surface area contributed by atoms with E-state index in [4.69, 9.17) is 5.11 Å². The number of nitrogens with zero attached hydrogens (tertiary/aromatic N) is 3. The summed E-state index contributed by atoms with van der Waals surface area (Å²) in [4.78, 5) is 23.1. The van der Waals surface area contributed by atoms with Crippen LogP contribution >= 0.6 is 11.3 Å². The lowest BCUT2D eigenvalue weighted by Gasteiger charge is -2.12. The first-order chi connectivity index (χ1) is 8.58. The molecule has 2 aromatic heterocycles. The maximum absolute atomic E-state index is 10.8. The van der Waals surface area contributed by atoms with E-state index in [0.29, 0.717) is 10.8 Å². The molecule has 1 atom stereocenters. The van der Waals surface area contributed by atoms with Crippen LogP contribution in [0.15, 0.2) is 17.8 Å². The number of aryl methyl sites for hydroxylation is 1. The highest BCUT2D eigenvalue weighted by atomic mass is 32.1. The Bertz CT molecular complexity index is 570. The lowest BCUT2D eigenvalue weighted by atomic mass is 10.3. The zero-order valence-corrected chi connectivity index (χ0v) is 10.7. The van der Waals surface area contributed by atoms with Gasteiger partial charge in [0.1, 0.15) is 10.8 Å². The van der Waals surface area contributed by atoms with Gasteiger partial charge >= 0.3 is 5.97 Å². The number of anilines is 1. The zero-order valence-electron chi connectivity index (χ0n) is 9.91. The summed E-state index contributed by atoms with van der Waals surface area (Å²) in [6, 6.07) is -0.113. The molecule has 0 amide bonds. The van der Waals surface area contributed by atoms with Gasteiger partial charge in [0.15, 0.2) is 5.69 Å². The second-order valence-corrected chi connectivity index (χ2v) is 4.62. The molecule has 2 N–H and O–H groups in total. The van der Waals surface area contributed by atoms with Gasteiger partial charge in [-0.2, -0.15) is 0 Å². The molecule has 0 saturated heterocycles. The predicted octanol–water partition coefficient (Wildman–Crippen LogP) is 2.11. The van der Waals surface area contributed by atoms with E-state index in [1.165, 1.54) is 16.7 Å². The Hall–Kier alpha value is -2.02. The number of aromatic nitrogens is 3. The van der Waals surface area contributed by atoms with Crippen molar-refractivity contribution in [2.24, 2.45) is 0 Å². The summed E-state index contributed by atoms with van der Waals surface area (Å²) in [5.41, 5.74) is 0.860. The van der Waals surface area contributed by atoms with Crippen LogP contribution in [0.1, 0.15) is 34.2 Å². The zero-order chi connectivity index (χ0) is 13.1. The molecule has 2 aromatic rings. The number of nitrogens with one attached hydrogen (secondary N) is 1. The molecule has 0 aliphatic heterocycles. The SMILES string of the molecule is Cc1nccnc1NC(C)c1nc(C(=O)O)cs1. The summed E-state index contributed by atoms with van der Waals surface area (Å²) in [5, 5.41) is 14.2. The molecule has 1 unspecified atom stereocenters. The third-order valence-electron chi connectivity index (χ3n) is 2.35. The number of carbonyl (C=O) groups is 1. The minimum Gasteiger partial charge on any atom is -0.476 e. The van der Waals surface area contributed by atoms with E-state index in [1.807, 2.05) is 13.8 Å². The van der Waals surface area contributed by atoms with Gasteiger partial charge in [0.05, 0.1) is 11.7 Å². The molecule has 0 aromatic carbocycles. The molecular formula is C11H12N4O2S. The van der Waals surface area contributed by atoms with Crippen LogP contribution in [0.25, 0.3) is 0 Å². The van der Waals surface area contributed by atoms with Crippen molar-refractivity contribution in [2.75, 3.05) is 5.32 Å². The molecule has 0 aliphatic rings. The topological polar surface area (TPSA) is 88.0 Å². The third-order valence-corrected chi connectivity index (χ3v) is 3.37. The van der Waals surface area contributed by atoms with Crippen molar-refractivity contribution in [3.05, 3.63) is 34.2 Å². The van der Waals surface area contributed by atoms with Crippen LogP contribution in [-0.2, 0) is 0 Å². The van der Waals surface area contributed by atoms with E-state index in [0.717, 1.165) is 5.69 Å². The van der Waals surface area contributed by atoms with Crippen LogP contribution in [-0.4, -0.2) is 26.0 Å². The second-order valence-electron chi connectivity index (χ2n) is 3.73. The van der Waals surface area contributed by atoms with Gasteiger partial charge in [0.2, 0.25) is 0 Å². The predicted molar refractivity (Wildman–Crippen MR) is 67.9 cm³/mol. The molecule has 94 valence electrons. The van der Waals surface area contributed by atoms with Crippen molar-refractivity contribution >= 4 is 23.1 Å². The third kappa shape index (κ3) is 2.62. The molecule has 0 fully saturated rings. The number of carboxylic acids is 1. The first-order valence-electron chi connectivity index (χ1n) is 5.31. The van der Waals surface area contributed by atoms with Crippen LogP contribution in [0.5, 0.6) is 0 Å². The highest BCUT2D eigenvalue weighted by Gasteiger charge is 2.14. The highest BCUT2D eigenvalue weighted by molar-refractivity contribution is 7.09. The minimum absolute atomic E-state index is 0.0690. The summed E-state index contributed by atoms with van der Waals surface area (Å²) >= 11 is 1.31. The smallest absolute Gasteiger partial charge is 0.355 e. The fraction of sp³-hybridized carbons (Fsp3) is 0.273. The van der Waals surface area contributed by atoms with E-state index < -0.39 is 5.97 Å². The number of rotatable bonds is 4. The first-order valence-corrected chi connectivity index (χ1v) is 6.18. The average Bonchev–Trinajstić information content (AvgIpc) is 2.81. The van der Waals surface area contributed by atoms with E-state index in [1.54, 1.807) is 12.4 Å². The van der Waals surface area contributed by atoms with Crippen molar-refractivity contribution in [3.8, 4) is 0 Å². The molecular weight excluding hydrogens is 252 g/mol. The van der Waals surface area contributed by atoms with E-state index in [2.05, 4.69) is 20.3 Å². The Labute approximate surface area is 108 Å². The number of hydrogen-bond donors (Lipinski definition) is 2. The van der Waals surface area contributed by atoms with Crippen LogP contribution in [0, 0.1) is 6.92 Å². The van der Waals surface area contributed by atoms with E-state index >= 15 is 0 Å². The molecule has 2 heterocycles. The summed E-state index contributed by atoms with van der Waals surface area (Å²) in [6.07, 6.45) is 3.23. The summed E-state index contributed by atoms with van der Waals surface area (Å²) in [7, 11) is 0. The lowest BCUT2D eigenvalue weighted by molar-refractivity contribution is 0.0691. The van der Waals surface area contributed by atoms with Crippen molar-refractivity contribution < 1.29 is 9.90 Å². The van der Waals surface area contributed by atoms with E-state index in [9.17, 15) is 4.79 Å². The molecule has 6 nitrogen and oxygen atoms in total. The molecule has 0 bridgehead atoms. The van der Waals surface area contributed by atoms with Gasteiger partial charge in [-0.05, 0) is 13.8 Å². The molecule has 0 aliphatic carbocycles. The molecule has 18 heavy (non-hydrogen) atoms. The Morgan fingerprint density at radius 1 is 1.44 bits per heavy atom. The lowest BCUT2D eigenvalue weighted by Crippen LogP contribution is -2.10. The quantitative estimate of drug-likeness (QED) is 0.879. The van der Waals surface area contributed by atoms with Gasteiger partial charge in [0.25, 0.3) is 0 Å². The van der Waals surface area contributed by atoms with Gasteiger partial charge in [-0.1, -0.05) is 0 Å². The van der Waals surface area contributed by atoms with Gasteiger partial charge in [-0.25, -0.2) is 14.8 Å². The minimum atomic E-state index is -1.01. The normalized spacial score (nSPS) is 12.1. The number of aromatic carboxylic acids is 1. The number of hydrogen-bond acceptors (Lipinski definition) is 6. The Kier molecular flexibility index (Phi) is 3.52. The van der Waals surface area contributed by atoms with Gasteiger partial charge in [-0.3, -0.25) is 4.98 Å². The number of carboxylic acid groups (broad SMARTS) is 1. The Balaban J connectivity index is 2.14. The van der Waals surface area contributed by atoms with Gasteiger partial charge in [-0.15, -0.1) is 11.3 Å². The van der Waals surface area contributed by atoms with Crippen molar-refractivity contribution in [3.63, 3.8) is 0 Å². The first kappa shape index (κ1) is 12.4. The maximum Gasteiger partial charge on any atom is 0.355 e. The molecule has 0 saturated carbocycles. The standard InChI is InChI=1S/C11H12N4O2S/c1-6-9(13-4-3-12-6)14-7(2)10-15-8(5-18-10)11(16)17/h3-5,7H,1-2H3,(H,13,14)(H,16,17). The summed E-state index contributed by atoms with van der Waals surface area (Å²) in [6.45, 7) is 3.76. The second kappa shape index (κ2) is 5.09. The Morgan fingerprint density at radius 3 is 2.78 bits per heavy atom.